The molecular weight excluding hydrogens is 366 g/mol. The third-order valence-corrected chi connectivity index (χ3v) is 5.32. The second-order valence-corrected chi connectivity index (χ2v) is 7.65. The minimum Gasteiger partial charge on any atom is -0.480 e. The number of carbonyl (C=O) groups is 2. The Morgan fingerprint density at radius 1 is 1.19 bits per heavy atom. The van der Waals surface area contributed by atoms with E-state index in [1.807, 2.05) is 43.3 Å². The molecule has 2 aromatic rings. The van der Waals surface area contributed by atoms with Crippen molar-refractivity contribution in [3.63, 3.8) is 0 Å². The van der Waals surface area contributed by atoms with Gasteiger partial charge in [0.15, 0.2) is 0 Å². The molecule has 5 nitrogen and oxygen atoms in total. The van der Waals surface area contributed by atoms with Crippen molar-refractivity contribution < 1.29 is 19.4 Å². The van der Waals surface area contributed by atoms with Gasteiger partial charge >= 0.3 is 12.1 Å². The standard InChI is InChI=1S/C21H22ClNO4/c1-21(10-11-21)17(15-8-5-9-16(22)12-15)18(19(24)25)23-20(26)27-13-14-6-3-2-4-7-14/h2-9,12,17-18H,10-11,13H2,1H3,(H,23,26)(H,24,25)/t17-,18-/m0/s1. The Kier molecular flexibility index (Phi) is 5.71. The Labute approximate surface area is 163 Å². The Bertz CT molecular complexity index is 820. The van der Waals surface area contributed by atoms with Crippen LogP contribution in [0.1, 0.15) is 36.8 Å². The molecule has 2 atom stereocenters. The molecule has 1 aliphatic carbocycles. The Hall–Kier alpha value is -2.53. The molecule has 0 heterocycles. The number of amides is 1. The molecule has 1 aliphatic rings. The molecule has 1 amide bonds. The highest BCUT2D eigenvalue weighted by molar-refractivity contribution is 6.30. The van der Waals surface area contributed by atoms with Crippen molar-refractivity contribution in [1.29, 1.82) is 0 Å². The Balaban J connectivity index is 1.76. The molecule has 0 spiro atoms. The molecule has 0 radical (unpaired) electrons. The number of alkyl carbamates (subject to hydrolysis) is 1. The summed E-state index contributed by atoms with van der Waals surface area (Å²) < 4.78 is 5.21. The normalized spacial score (nSPS) is 16.8. The number of hydrogen-bond acceptors (Lipinski definition) is 3. The maximum Gasteiger partial charge on any atom is 0.408 e. The van der Waals surface area contributed by atoms with E-state index in [2.05, 4.69) is 5.32 Å². The van der Waals surface area contributed by atoms with Crippen LogP contribution in [-0.4, -0.2) is 23.2 Å². The monoisotopic (exact) mass is 387 g/mol. The van der Waals surface area contributed by atoms with Crippen molar-refractivity contribution in [2.75, 3.05) is 0 Å². The summed E-state index contributed by atoms with van der Waals surface area (Å²) in [5.74, 6) is -1.48. The van der Waals surface area contributed by atoms with Crippen LogP contribution in [0.15, 0.2) is 54.6 Å². The fraction of sp³-hybridized carbons (Fsp3) is 0.333. The van der Waals surface area contributed by atoms with Crippen LogP contribution in [0.25, 0.3) is 0 Å². The SMILES string of the molecule is CC1([C@@H](c2cccc(Cl)c2)[C@H](NC(=O)OCc2ccccc2)C(=O)O)CC1. The first kappa shape index (κ1) is 19.2. The summed E-state index contributed by atoms with van der Waals surface area (Å²) in [6.45, 7) is 2.11. The number of benzene rings is 2. The van der Waals surface area contributed by atoms with Crippen molar-refractivity contribution in [3.05, 3.63) is 70.7 Å². The van der Waals surface area contributed by atoms with Crippen LogP contribution in [0.5, 0.6) is 0 Å². The van der Waals surface area contributed by atoms with E-state index in [0.29, 0.717) is 5.02 Å². The average Bonchev–Trinajstić information content (AvgIpc) is 3.38. The lowest BCUT2D eigenvalue weighted by Crippen LogP contribution is -2.47. The first-order chi connectivity index (χ1) is 12.9. The molecule has 0 bridgehead atoms. The lowest BCUT2D eigenvalue weighted by Gasteiger charge is -2.30. The zero-order valence-electron chi connectivity index (χ0n) is 15.0. The summed E-state index contributed by atoms with van der Waals surface area (Å²) in [4.78, 5) is 24.2. The number of carbonyl (C=O) groups excluding carboxylic acids is 1. The minimum absolute atomic E-state index is 0.0815. The third kappa shape index (κ3) is 4.80. The van der Waals surface area contributed by atoms with Gasteiger partial charge in [-0.15, -0.1) is 0 Å². The highest BCUT2D eigenvalue weighted by Crippen LogP contribution is 2.57. The predicted octanol–water partition coefficient (Wildman–Crippen LogP) is 4.60. The van der Waals surface area contributed by atoms with Crippen molar-refractivity contribution in [3.8, 4) is 0 Å². The van der Waals surface area contributed by atoms with Crippen LogP contribution in [-0.2, 0) is 16.1 Å². The van der Waals surface area contributed by atoms with Gasteiger partial charge in [0.1, 0.15) is 12.6 Å². The molecule has 27 heavy (non-hydrogen) atoms. The lowest BCUT2D eigenvalue weighted by molar-refractivity contribution is -0.140. The number of hydrogen-bond donors (Lipinski definition) is 2. The number of aliphatic carboxylic acids is 1. The molecule has 1 fully saturated rings. The van der Waals surface area contributed by atoms with E-state index in [-0.39, 0.29) is 12.0 Å². The van der Waals surface area contributed by atoms with Crippen molar-refractivity contribution >= 4 is 23.7 Å². The number of carboxylic acids is 1. The van der Waals surface area contributed by atoms with Crippen molar-refractivity contribution in [1.82, 2.24) is 5.32 Å². The van der Waals surface area contributed by atoms with Crippen LogP contribution < -0.4 is 5.32 Å². The van der Waals surface area contributed by atoms with E-state index in [9.17, 15) is 14.7 Å². The van der Waals surface area contributed by atoms with E-state index < -0.39 is 24.0 Å². The van der Waals surface area contributed by atoms with E-state index in [1.54, 1.807) is 18.2 Å². The number of rotatable bonds is 7. The number of ether oxygens (including phenoxy) is 1. The fourth-order valence-corrected chi connectivity index (χ4v) is 3.58. The van der Waals surface area contributed by atoms with Gasteiger partial charge in [0.25, 0.3) is 0 Å². The fourth-order valence-electron chi connectivity index (χ4n) is 3.38. The van der Waals surface area contributed by atoms with Gasteiger partial charge in [-0.25, -0.2) is 9.59 Å². The van der Waals surface area contributed by atoms with Crippen molar-refractivity contribution in [2.45, 2.75) is 38.3 Å². The van der Waals surface area contributed by atoms with E-state index in [0.717, 1.165) is 24.0 Å². The van der Waals surface area contributed by atoms with Crippen LogP contribution >= 0.6 is 11.6 Å². The minimum atomic E-state index is -1.10. The molecule has 2 N–H and O–H groups in total. The van der Waals surface area contributed by atoms with E-state index >= 15 is 0 Å². The van der Waals surface area contributed by atoms with Gasteiger partial charge in [-0.2, -0.15) is 0 Å². The van der Waals surface area contributed by atoms with Gasteiger partial charge in [0, 0.05) is 10.9 Å². The summed E-state index contributed by atoms with van der Waals surface area (Å²) in [6.07, 6.45) is 1.05. The van der Waals surface area contributed by atoms with Crippen LogP contribution in [0.4, 0.5) is 4.79 Å². The predicted molar refractivity (Wildman–Crippen MR) is 103 cm³/mol. The average molecular weight is 388 g/mol. The molecule has 1 saturated carbocycles. The summed E-state index contributed by atoms with van der Waals surface area (Å²) >= 11 is 6.11. The van der Waals surface area contributed by atoms with E-state index in [1.165, 1.54) is 0 Å². The Morgan fingerprint density at radius 2 is 1.89 bits per heavy atom. The maximum absolute atomic E-state index is 12.3. The smallest absolute Gasteiger partial charge is 0.408 e. The van der Waals surface area contributed by atoms with Crippen LogP contribution in [0.2, 0.25) is 5.02 Å². The molecule has 0 unspecified atom stereocenters. The molecule has 0 aromatic heterocycles. The van der Waals surface area contributed by atoms with Gasteiger partial charge in [-0.1, -0.05) is 61.0 Å². The molecule has 2 aromatic carbocycles. The van der Waals surface area contributed by atoms with Crippen molar-refractivity contribution in [2.24, 2.45) is 5.41 Å². The zero-order chi connectivity index (χ0) is 19.4. The lowest BCUT2D eigenvalue weighted by atomic mass is 9.79. The highest BCUT2D eigenvalue weighted by Gasteiger charge is 2.51. The van der Waals surface area contributed by atoms with E-state index in [4.69, 9.17) is 16.3 Å². The van der Waals surface area contributed by atoms with Gasteiger partial charge in [0.2, 0.25) is 0 Å². The van der Waals surface area contributed by atoms with Gasteiger partial charge < -0.3 is 15.2 Å². The topological polar surface area (TPSA) is 75.6 Å². The summed E-state index contributed by atoms with van der Waals surface area (Å²) in [5.41, 5.74) is 1.44. The number of nitrogens with one attached hydrogen (secondary N) is 1. The summed E-state index contributed by atoms with van der Waals surface area (Å²) in [6, 6.07) is 15.3. The van der Waals surface area contributed by atoms with Gasteiger partial charge in [0.05, 0.1) is 0 Å². The summed E-state index contributed by atoms with van der Waals surface area (Å²) in [7, 11) is 0. The first-order valence-electron chi connectivity index (χ1n) is 8.84. The molecular formula is C21H22ClNO4. The van der Waals surface area contributed by atoms with Gasteiger partial charge in [-0.05, 0) is 41.5 Å². The Morgan fingerprint density at radius 3 is 2.48 bits per heavy atom. The van der Waals surface area contributed by atoms with Gasteiger partial charge in [-0.3, -0.25) is 0 Å². The molecule has 3 rings (SSSR count). The van der Waals surface area contributed by atoms with Crippen LogP contribution in [0, 0.1) is 5.41 Å². The third-order valence-electron chi connectivity index (χ3n) is 5.08. The summed E-state index contributed by atoms with van der Waals surface area (Å²) in [5, 5.41) is 12.9. The molecule has 0 saturated heterocycles. The number of carboxylic acid groups (broad SMARTS) is 1. The second-order valence-electron chi connectivity index (χ2n) is 7.21. The van der Waals surface area contributed by atoms with Crippen LogP contribution in [0.3, 0.4) is 0 Å². The largest absolute Gasteiger partial charge is 0.480 e. The molecule has 6 heteroatoms. The highest BCUT2D eigenvalue weighted by atomic mass is 35.5. The zero-order valence-corrected chi connectivity index (χ0v) is 15.8. The quantitative estimate of drug-likeness (QED) is 0.727. The second kappa shape index (κ2) is 8.01. The molecule has 0 aliphatic heterocycles. The maximum atomic E-state index is 12.3. The first-order valence-corrected chi connectivity index (χ1v) is 9.22. The number of halogens is 1. The molecule has 142 valence electrons.